The summed E-state index contributed by atoms with van der Waals surface area (Å²) in [7, 11) is -3.41. The number of ether oxygens (including phenoxy) is 1. The zero-order chi connectivity index (χ0) is 21.3. The molecule has 0 fully saturated rings. The minimum Gasteiger partial charge on any atom is -0.392 e. The highest BCUT2D eigenvalue weighted by molar-refractivity contribution is 7.92. The number of aliphatic hydroxyl groups excluding tert-OH is 1. The van der Waals surface area contributed by atoms with E-state index in [-0.39, 0.29) is 19.0 Å². The number of anilines is 1. The molecular weight excluding hydrogens is 388 g/mol. The predicted octanol–water partition coefficient (Wildman–Crippen LogP) is 3.20. The summed E-state index contributed by atoms with van der Waals surface area (Å²) >= 11 is 0. The van der Waals surface area contributed by atoms with Gasteiger partial charge in [-0.3, -0.25) is 4.72 Å². The van der Waals surface area contributed by atoms with Crippen LogP contribution in [0.3, 0.4) is 0 Å². The molecule has 0 radical (unpaired) electrons. The van der Waals surface area contributed by atoms with Gasteiger partial charge in [-0.25, -0.2) is 8.42 Å². The lowest BCUT2D eigenvalue weighted by Crippen LogP contribution is -2.43. The van der Waals surface area contributed by atoms with Crippen molar-refractivity contribution in [2.45, 2.75) is 51.9 Å². The number of hydrogen-bond acceptors (Lipinski definition) is 5. The molecule has 0 spiro atoms. The van der Waals surface area contributed by atoms with Gasteiger partial charge in [0.2, 0.25) is 10.0 Å². The van der Waals surface area contributed by atoms with Crippen LogP contribution in [-0.2, 0) is 34.4 Å². The predicted molar refractivity (Wildman–Crippen MR) is 117 cm³/mol. The van der Waals surface area contributed by atoms with Gasteiger partial charge in [0.25, 0.3) is 0 Å². The fraction of sp³-hybridized carbons (Fsp3) is 0.455. The molecule has 0 aliphatic rings. The van der Waals surface area contributed by atoms with Crippen molar-refractivity contribution in [2.24, 2.45) is 5.73 Å². The summed E-state index contributed by atoms with van der Waals surface area (Å²) < 4.78 is 32.7. The summed E-state index contributed by atoms with van der Waals surface area (Å²) in [6.45, 7) is 4.33. The first kappa shape index (κ1) is 23.3. The maximum Gasteiger partial charge on any atom is 0.232 e. The molecule has 29 heavy (non-hydrogen) atoms. The summed E-state index contributed by atoms with van der Waals surface area (Å²) in [5, 5.41) is 9.51. The van der Waals surface area contributed by atoms with Gasteiger partial charge in [-0.15, -0.1) is 0 Å². The van der Waals surface area contributed by atoms with Gasteiger partial charge in [-0.2, -0.15) is 0 Å². The van der Waals surface area contributed by atoms with Crippen molar-refractivity contribution in [1.29, 1.82) is 0 Å². The molecule has 4 N–H and O–H groups in total. The van der Waals surface area contributed by atoms with E-state index < -0.39 is 15.6 Å². The van der Waals surface area contributed by atoms with E-state index in [0.717, 1.165) is 17.5 Å². The lowest BCUT2D eigenvalue weighted by Gasteiger charge is -2.24. The molecule has 0 heterocycles. The zero-order valence-electron chi connectivity index (χ0n) is 17.2. The minimum absolute atomic E-state index is 0.0731. The zero-order valence-corrected chi connectivity index (χ0v) is 18.0. The molecule has 2 rings (SSSR count). The van der Waals surface area contributed by atoms with Crippen molar-refractivity contribution < 1.29 is 18.3 Å². The molecule has 7 heteroatoms. The summed E-state index contributed by atoms with van der Waals surface area (Å²) in [5.41, 5.74) is 8.83. The summed E-state index contributed by atoms with van der Waals surface area (Å²) in [5.74, 6) is 0.0731. The Morgan fingerprint density at radius 3 is 2.45 bits per heavy atom. The molecule has 1 atom stereocenters. The fourth-order valence-electron chi connectivity index (χ4n) is 3.08. The van der Waals surface area contributed by atoms with Gasteiger partial charge >= 0.3 is 0 Å². The number of nitrogens with two attached hydrogens (primary N) is 1. The maximum absolute atomic E-state index is 12.2. The fourth-order valence-corrected chi connectivity index (χ4v) is 4.32. The minimum atomic E-state index is -3.41. The first-order valence-electron chi connectivity index (χ1n) is 9.88. The second kappa shape index (κ2) is 10.7. The molecule has 0 saturated heterocycles. The average Bonchev–Trinajstić information content (AvgIpc) is 2.66. The quantitative estimate of drug-likeness (QED) is 0.489. The molecular formula is C22H32N2O4S. The van der Waals surface area contributed by atoms with E-state index in [1.165, 1.54) is 0 Å². The third kappa shape index (κ3) is 8.53. The third-order valence-corrected chi connectivity index (χ3v) is 5.80. The summed E-state index contributed by atoms with van der Waals surface area (Å²) in [6, 6.07) is 15.2. The third-order valence-electron chi connectivity index (χ3n) is 4.43. The van der Waals surface area contributed by atoms with Gasteiger partial charge in [0.05, 0.1) is 25.6 Å². The summed E-state index contributed by atoms with van der Waals surface area (Å²) in [4.78, 5) is 0. The standard InChI is InChI=1S/C22H32N2O4S/c1-3-4-10-29(26,27)24-21-12-19(15-25)11-20(13-21)16-28-17-22(2,23)14-18-8-6-5-7-9-18/h5-9,11-13,24-25H,3-4,10,14-17,23H2,1-2H3. The molecule has 0 aliphatic heterocycles. The van der Waals surface area contributed by atoms with Gasteiger partial charge in [-0.05, 0) is 48.6 Å². The molecule has 0 aromatic heterocycles. The highest BCUT2D eigenvalue weighted by Gasteiger charge is 2.19. The Morgan fingerprint density at radius 2 is 1.79 bits per heavy atom. The normalized spacial score (nSPS) is 13.8. The van der Waals surface area contributed by atoms with Crippen LogP contribution in [0, 0.1) is 0 Å². The smallest absolute Gasteiger partial charge is 0.232 e. The highest BCUT2D eigenvalue weighted by atomic mass is 32.2. The van der Waals surface area contributed by atoms with Crippen molar-refractivity contribution in [3.05, 3.63) is 65.2 Å². The van der Waals surface area contributed by atoms with Gasteiger partial charge in [0.1, 0.15) is 0 Å². The van der Waals surface area contributed by atoms with Crippen LogP contribution in [0.1, 0.15) is 43.4 Å². The Labute approximate surface area is 174 Å². The van der Waals surface area contributed by atoms with Crippen LogP contribution in [0.5, 0.6) is 0 Å². The SMILES string of the molecule is CCCCS(=O)(=O)Nc1cc(CO)cc(COCC(C)(N)Cc2ccccc2)c1. The molecule has 6 nitrogen and oxygen atoms in total. The van der Waals surface area contributed by atoms with E-state index >= 15 is 0 Å². The van der Waals surface area contributed by atoms with Crippen molar-refractivity contribution in [2.75, 3.05) is 17.1 Å². The van der Waals surface area contributed by atoms with Crippen molar-refractivity contribution in [3.8, 4) is 0 Å². The van der Waals surface area contributed by atoms with Gasteiger partial charge in [-0.1, -0.05) is 49.7 Å². The van der Waals surface area contributed by atoms with E-state index in [4.69, 9.17) is 10.5 Å². The number of unbranched alkanes of at least 4 members (excludes halogenated alkanes) is 1. The number of aliphatic hydroxyl groups is 1. The van der Waals surface area contributed by atoms with E-state index in [1.807, 2.05) is 44.2 Å². The van der Waals surface area contributed by atoms with Crippen LogP contribution in [0.4, 0.5) is 5.69 Å². The molecule has 0 bridgehead atoms. The molecule has 0 saturated carbocycles. The number of benzene rings is 2. The largest absolute Gasteiger partial charge is 0.392 e. The molecule has 2 aromatic rings. The first-order valence-corrected chi connectivity index (χ1v) is 11.5. The number of rotatable bonds is 12. The topological polar surface area (TPSA) is 102 Å². The lowest BCUT2D eigenvalue weighted by molar-refractivity contribution is 0.0790. The molecule has 1 unspecified atom stereocenters. The Kier molecular flexibility index (Phi) is 8.64. The monoisotopic (exact) mass is 420 g/mol. The molecule has 0 aliphatic carbocycles. The second-order valence-electron chi connectivity index (χ2n) is 7.78. The van der Waals surface area contributed by atoms with Crippen LogP contribution in [0.25, 0.3) is 0 Å². The molecule has 0 amide bonds. The Morgan fingerprint density at radius 1 is 1.10 bits per heavy atom. The van der Waals surface area contributed by atoms with Crippen LogP contribution in [0.2, 0.25) is 0 Å². The molecule has 160 valence electrons. The van der Waals surface area contributed by atoms with Crippen LogP contribution in [-0.4, -0.2) is 31.4 Å². The maximum atomic E-state index is 12.2. The lowest BCUT2D eigenvalue weighted by atomic mass is 9.95. The van der Waals surface area contributed by atoms with Gasteiger partial charge < -0.3 is 15.6 Å². The van der Waals surface area contributed by atoms with Gasteiger partial charge in [0, 0.05) is 11.2 Å². The van der Waals surface area contributed by atoms with Crippen LogP contribution in [0.15, 0.2) is 48.5 Å². The van der Waals surface area contributed by atoms with Crippen molar-refractivity contribution >= 4 is 15.7 Å². The van der Waals surface area contributed by atoms with Crippen LogP contribution < -0.4 is 10.5 Å². The Hall–Kier alpha value is -1.93. The number of hydrogen-bond donors (Lipinski definition) is 3. The summed E-state index contributed by atoms with van der Waals surface area (Å²) in [6.07, 6.45) is 2.09. The van der Waals surface area contributed by atoms with Crippen molar-refractivity contribution in [1.82, 2.24) is 0 Å². The average molecular weight is 421 g/mol. The van der Waals surface area contributed by atoms with Gasteiger partial charge in [0.15, 0.2) is 0 Å². The van der Waals surface area contributed by atoms with Crippen molar-refractivity contribution in [3.63, 3.8) is 0 Å². The highest BCUT2D eigenvalue weighted by Crippen LogP contribution is 2.19. The number of nitrogens with one attached hydrogen (secondary N) is 1. The Bertz CT molecular complexity index is 868. The van der Waals surface area contributed by atoms with E-state index in [1.54, 1.807) is 18.2 Å². The van der Waals surface area contributed by atoms with E-state index in [2.05, 4.69) is 4.72 Å². The number of sulfonamides is 1. The van der Waals surface area contributed by atoms with E-state index in [0.29, 0.717) is 30.7 Å². The van der Waals surface area contributed by atoms with Crippen LogP contribution >= 0.6 is 0 Å². The first-order chi connectivity index (χ1) is 13.7. The second-order valence-corrected chi connectivity index (χ2v) is 9.62. The molecule has 2 aromatic carbocycles. The van der Waals surface area contributed by atoms with E-state index in [9.17, 15) is 13.5 Å². The Balaban J connectivity index is 1.99.